The van der Waals surface area contributed by atoms with Crippen LogP contribution >= 0.6 is 0 Å². The first-order chi connectivity index (χ1) is 14.1. The molecule has 2 aliphatic rings. The maximum Gasteiger partial charge on any atom is 0.309 e. The van der Waals surface area contributed by atoms with Crippen LogP contribution in [0.15, 0.2) is 36.4 Å². The van der Waals surface area contributed by atoms with Gasteiger partial charge in [0.25, 0.3) is 0 Å². The number of benzene rings is 2. The summed E-state index contributed by atoms with van der Waals surface area (Å²) >= 11 is 0. The summed E-state index contributed by atoms with van der Waals surface area (Å²) in [7, 11) is 0. The van der Waals surface area contributed by atoms with E-state index in [0.29, 0.717) is 11.5 Å². The van der Waals surface area contributed by atoms with E-state index in [1.165, 1.54) is 24.0 Å². The van der Waals surface area contributed by atoms with E-state index in [4.69, 9.17) is 9.47 Å². The number of nitrogens with one attached hydrogen (secondary N) is 2. The quantitative estimate of drug-likeness (QED) is 0.764. The Hall–Kier alpha value is -3.02. The van der Waals surface area contributed by atoms with Crippen molar-refractivity contribution in [1.82, 2.24) is 10.6 Å². The highest BCUT2D eigenvalue weighted by Crippen LogP contribution is 2.32. The molecule has 2 amide bonds. The van der Waals surface area contributed by atoms with Gasteiger partial charge in [0, 0.05) is 6.54 Å². The molecule has 1 unspecified atom stereocenters. The van der Waals surface area contributed by atoms with Crippen molar-refractivity contribution in [3.8, 4) is 11.5 Å². The highest BCUT2D eigenvalue weighted by atomic mass is 16.7. The Bertz CT molecular complexity index is 925. The smallest absolute Gasteiger partial charge is 0.309 e. The largest absolute Gasteiger partial charge is 0.454 e. The standard InChI is InChI=1S/C23H26N2O4/c1-2-19(18-9-8-16-5-3-4-6-17(16)12-18)25-23(27)22(26)24-13-15-7-10-20-21(11-15)29-14-28-20/h7-12,19H,2-6,13-14H2,1H3,(H,24,26)(H,25,27). The van der Waals surface area contributed by atoms with Gasteiger partial charge in [-0.3, -0.25) is 9.59 Å². The Labute approximate surface area is 170 Å². The lowest BCUT2D eigenvalue weighted by Crippen LogP contribution is -2.41. The molecule has 6 heteroatoms. The number of carbonyl (C=O) groups is 2. The monoisotopic (exact) mass is 394 g/mol. The fourth-order valence-corrected chi connectivity index (χ4v) is 3.93. The molecule has 0 bridgehead atoms. The Balaban J connectivity index is 1.35. The van der Waals surface area contributed by atoms with Gasteiger partial charge in [0.05, 0.1) is 6.04 Å². The number of hydrogen-bond donors (Lipinski definition) is 2. The van der Waals surface area contributed by atoms with Crippen LogP contribution in [-0.2, 0) is 29.0 Å². The average Bonchev–Trinajstić information content (AvgIpc) is 3.23. The van der Waals surface area contributed by atoms with Gasteiger partial charge in [-0.25, -0.2) is 0 Å². The lowest BCUT2D eigenvalue weighted by atomic mass is 9.89. The second-order valence-electron chi connectivity index (χ2n) is 7.54. The molecule has 1 heterocycles. The lowest BCUT2D eigenvalue weighted by molar-refractivity contribution is -0.139. The van der Waals surface area contributed by atoms with Crippen molar-refractivity contribution >= 4 is 11.8 Å². The third kappa shape index (κ3) is 4.36. The van der Waals surface area contributed by atoms with Crippen molar-refractivity contribution in [3.05, 3.63) is 58.7 Å². The van der Waals surface area contributed by atoms with E-state index in [1.807, 2.05) is 19.1 Å². The van der Waals surface area contributed by atoms with E-state index in [2.05, 4.69) is 28.8 Å². The zero-order chi connectivity index (χ0) is 20.2. The van der Waals surface area contributed by atoms with Gasteiger partial charge in [-0.15, -0.1) is 0 Å². The predicted octanol–water partition coefficient (Wildman–Crippen LogP) is 3.18. The molecule has 0 radical (unpaired) electrons. The van der Waals surface area contributed by atoms with Crippen molar-refractivity contribution in [3.63, 3.8) is 0 Å². The molecule has 6 nitrogen and oxygen atoms in total. The minimum absolute atomic E-state index is 0.175. The Morgan fingerprint density at radius 3 is 2.59 bits per heavy atom. The van der Waals surface area contributed by atoms with Gasteiger partial charge in [-0.05, 0) is 66.5 Å². The van der Waals surface area contributed by atoms with E-state index in [9.17, 15) is 9.59 Å². The summed E-state index contributed by atoms with van der Waals surface area (Å²) in [6.07, 6.45) is 5.39. The number of fused-ring (bicyclic) bond motifs is 2. The summed E-state index contributed by atoms with van der Waals surface area (Å²) in [6.45, 7) is 2.46. The van der Waals surface area contributed by atoms with Crippen LogP contribution in [0.25, 0.3) is 0 Å². The molecule has 0 spiro atoms. The number of aryl methyl sites for hydroxylation is 2. The molecule has 2 aromatic carbocycles. The van der Waals surface area contributed by atoms with Crippen LogP contribution in [0.4, 0.5) is 0 Å². The zero-order valence-electron chi connectivity index (χ0n) is 16.6. The van der Waals surface area contributed by atoms with E-state index in [0.717, 1.165) is 30.4 Å². The summed E-state index contributed by atoms with van der Waals surface area (Å²) in [5, 5.41) is 5.55. The lowest BCUT2D eigenvalue weighted by Gasteiger charge is -2.21. The number of amides is 2. The highest BCUT2D eigenvalue weighted by Gasteiger charge is 2.20. The average molecular weight is 394 g/mol. The molecule has 4 rings (SSSR count). The van der Waals surface area contributed by atoms with Gasteiger partial charge in [0.1, 0.15) is 0 Å². The second-order valence-corrected chi connectivity index (χ2v) is 7.54. The molecule has 0 fully saturated rings. The van der Waals surface area contributed by atoms with Gasteiger partial charge in [0.15, 0.2) is 11.5 Å². The molecule has 152 valence electrons. The van der Waals surface area contributed by atoms with E-state index in [-0.39, 0.29) is 19.4 Å². The van der Waals surface area contributed by atoms with Gasteiger partial charge >= 0.3 is 11.8 Å². The van der Waals surface area contributed by atoms with Crippen LogP contribution in [0.2, 0.25) is 0 Å². The van der Waals surface area contributed by atoms with Crippen LogP contribution in [-0.4, -0.2) is 18.6 Å². The predicted molar refractivity (Wildman–Crippen MR) is 109 cm³/mol. The number of hydrogen-bond acceptors (Lipinski definition) is 4. The summed E-state index contributed by atoms with van der Waals surface area (Å²) in [6, 6.07) is 11.7. The van der Waals surface area contributed by atoms with Crippen molar-refractivity contribution in [2.75, 3.05) is 6.79 Å². The number of rotatable bonds is 5. The first-order valence-corrected chi connectivity index (χ1v) is 10.2. The number of carbonyl (C=O) groups excluding carboxylic acids is 2. The third-order valence-corrected chi connectivity index (χ3v) is 5.58. The SMILES string of the molecule is CCC(NC(=O)C(=O)NCc1ccc2c(c1)OCO2)c1ccc2c(c1)CCCC2. The topological polar surface area (TPSA) is 76.7 Å². The van der Waals surface area contributed by atoms with E-state index < -0.39 is 11.8 Å². The van der Waals surface area contributed by atoms with Crippen molar-refractivity contribution in [2.45, 2.75) is 51.6 Å². The molecule has 0 saturated carbocycles. The molecule has 1 atom stereocenters. The first-order valence-electron chi connectivity index (χ1n) is 10.2. The molecule has 2 aromatic rings. The minimum atomic E-state index is -0.640. The molecule has 2 N–H and O–H groups in total. The normalized spacial score (nSPS) is 15.3. The van der Waals surface area contributed by atoms with Crippen LogP contribution in [0.1, 0.15) is 54.5 Å². The van der Waals surface area contributed by atoms with Crippen LogP contribution in [0, 0.1) is 0 Å². The zero-order valence-corrected chi connectivity index (χ0v) is 16.6. The summed E-state index contributed by atoms with van der Waals surface area (Å²) in [5.74, 6) is 0.0858. The van der Waals surface area contributed by atoms with E-state index in [1.54, 1.807) is 6.07 Å². The molecular weight excluding hydrogens is 368 g/mol. The fourth-order valence-electron chi connectivity index (χ4n) is 3.93. The molecule has 1 aliphatic carbocycles. The molecule has 0 saturated heterocycles. The first kappa shape index (κ1) is 19.3. The molecular formula is C23H26N2O4. The maximum absolute atomic E-state index is 12.4. The maximum atomic E-state index is 12.4. The van der Waals surface area contributed by atoms with Crippen molar-refractivity contribution in [1.29, 1.82) is 0 Å². The molecule has 29 heavy (non-hydrogen) atoms. The fraction of sp³-hybridized carbons (Fsp3) is 0.391. The summed E-state index contributed by atoms with van der Waals surface area (Å²) < 4.78 is 10.6. The van der Waals surface area contributed by atoms with Gasteiger partial charge in [0.2, 0.25) is 6.79 Å². The van der Waals surface area contributed by atoms with Crippen molar-refractivity contribution in [2.24, 2.45) is 0 Å². The van der Waals surface area contributed by atoms with Crippen LogP contribution < -0.4 is 20.1 Å². The molecule has 0 aromatic heterocycles. The highest BCUT2D eigenvalue weighted by molar-refractivity contribution is 6.35. The van der Waals surface area contributed by atoms with Crippen LogP contribution in [0.3, 0.4) is 0 Å². The molecule has 1 aliphatic heterocycles. The number of ether oxygens (including phenoxy) is 2. The minimum Gasteiger partial charge on any atom is -0.454 e. The Kier molecular flexibility index (Phi) is 5.69. The Morgan fingerprint density at radius 2 is 1.76 bits per heavy atom. The van der Waals surface area contributed by atoms with Gasteiger partial charge < -0.3 is 20.1 Å². The van der Waals surface area contributed by atoms with Crippen LogP contribution in [0.5, 0.6) is 11.5 Å². The Morgan fingerprint density at radius 1 is 0.966 bits per heavy atom. The second kappa shape index (κ2) is 8.55. The van der Waals surface area contributed by atoms with Gasteiger partial charge in [-0.1, -0.05) is 31.2 Å². The summed E-state index contributed by atoms with van der Waals surface area (Å²) in [5.41, 5.74) is 4.68. The summed E-state index contributed by atoms with van der Waals surface area (Å²) in [4.78, 5) is 24.7. The van der Waals surface area contributed by atoms with E-state index >= 15 is 0 Å². The third-order valence-electron chi connectivity index (χ3n) is 5.58. The van der Waals surface area contributed by atoms with Gasteiger partial charge in [-0.2, -0.15) is 0 Å². The van der Waals surface area contributed by atoms with Crippen molar-refractivity contribution < 1.29 is 19.1 Å².